The summed E-state index contributed by atoms with van der Waals surface area (Å²) in [6.07, 6.45) is 0. The van der Waals surface area contributed by atoms with E-state index in [2.05, 4.69) is 5.32 Å². The van der Waals surface area contributed by atoms with Crippen molar-refractivity contribution in [1.82, 2.24) is 5.32 Å². The van der Waals surface area contributed by atoms with Crippen LogP contribution in [-0.2, 0) is 0 Å². The maximum absolute atomic E-state index is 11.9. The largest absolute Gasteiger partial charge is 0.492 e. The van der Waals surface area contributed by atoms with Crippen LogP contribution in [0, 0.1) is 0 Å². The molecule has 20 heavy (non-hydrogen) atoms. The Morgan fingerprint density at radius 3 is 2.55 bits per heavy atom. The standard InChI is InChI=1S/C15H15ClN2O2/c16-14-4-2-1-3-13(14)15(19)18-9-10-20-12-7-5-11(17)6-8-12/h1-8H,9-10,17H2,(H,18,19). The quantitative estimate of drug-likeness (QED) is 0.657. The van der Waals surface area contributed by atoms with Crippen molar-refractivity contribution in [2.24, 2.45) is 0 Å². The Kier molecular flexibility index (Phi) is 4.85. The summed E-state index contributed by atoms with van der Waals surface area (Å²) in [5, 5.41) is 3.18. The Morgan fingerprint density at radius 1 is 1.15 bits per heavy atom. The molecule has 0 aliphatic rings. The summed E-state index contributed by atoms with van der Waals surface area (Å²) in [6.45, 7) is 0.772. The van der Waals surface area contributed by atoms with Crippen molar-refractivity contribution in [1.29, 1.82) is 0 Å². The second-order valence-electron chi connectivity index (χ2n) is 4.15. The Hall–Kier alpha value is -2.20. The zero-order valence-electron chi connectivity index (χ0n) is 10.8. The summed E-state index contributed by atoms with van der Waals surface area (Å²) in [4.78, 5) is 11.9. The minimum absolute atomic E-state index is 0.212. The lowest BCUT2D eigenvalue weighted by Crippen LogP contribution is -2.28. The molecule has 0 aliphatic heterocycles. The van der Waals surface area contributed by atoms with Crippen LogP contribution in [0.4, 0.5) is 5.69 Å². The highest BCUT2D eigenvalue weighted by atomic mass is 35.5. The highest BCUT2D eigenvalue weighted by Gasteiger charge is 2.08. The number of nitrogens with two attached hydrogens (primary N) is 1. The number of hydrogen-bond donors (Lipinski definition) is 2. The van der Waals surface area contributed by atoms with E-state index >= 15 is 0 Å². The van der Waals surface area contributed by atoms with Gasteiger partial charge in [0.2, 0.25) is 0 Å². The number of halogens is 1. The summed E-state index contributed by atoms with van der Waals surface area (Å²) < 4.78 is 5.47. The van der Waals surface area contributed by atoms with E-state index in [0.717, 1.165) is 0 Å². The van der Waals surface area contributed by atoms with Gasteiger partial charge in [-0.3, -0.25) is 4.79 Å². The average Bonchev–Trinajstić information content (AvgIpc) is 2.46. The first-order valence-electron chi connectivity index (χ1n) is 6.18. The third kappa shape index (κ3) is 3.90. The van der Waals surface area contributed by atoms with E-state index in [0.29, 0.717) is 35.2 Å². The van der Waals surface area contributed by atoms with Crippen LogP contribution in [-0.4, -0.2) is 19.1 Å². The lowest BCUT2D eigenvalue weighted by molar-refractivity contribution is 0.0947. The molecule has 0 unspecified atom stereocenters. The predicted octanol–water partition coefficient (Wildman–Crippen LogP) is 2.73. The first-order valence-corrected chi connectivity index (χ1v) is 6.55. The molecule has 0 spiro atoms. The molecule has 0 radical (unpaired) electrons. The summed E-state index contributed by atoms with van der Waals surface area (Å²) in [7, 11) is 0. The zero-order valence-corrected chi connectivity index (χ0v) is 11.6. The zero-order chi connectivity index (χ0) is 14.4. The Labute approximate surface area is 122 Å². The summed E-state index contributed by atoms with van der Waals surface area (Å²) in [6, 6.07) is 14.0. The van der Waals surface area contributed by atoms with E-state index in [1.165, 1.54) is 0 Å². The van der Waals surface area contributed by atoms with Crippen LogP contribution in [0.2, 0.25) is 5.02 Å². The highest BCUT2D eigenvalue weighted by molar-refractivity contribution is 6.33. The molecule has 0 aromatic heterocycles. The molecule has 0 heterocycles. The number of anilines is 1. The molecular weight excluding hydrogens is 276 g/mol. The van der Waals surface area contributed by atoms with Gasteiger partial charge >= 0.3 is 0 Å². The number of amides is 1. The highest BCUT2D eigenvalue weighted by Crippen LogP contribution is 2.14. The van der Waals surface area contributed by atoms with Gasteiger partial charge in [-0.05, 0) is 36.4 Å². The third-order valence-electron chi connectivity index (χ3n) is 2.65. The fraction of sp³-hybridized carbons (Fsp3) is 0.133. The molecule has 2 aromatic carbocycles. The van der Waals surface area contributed by atoms with E-state index in [9.17, 15) is 4.79 Å². The van der Waals surface area contributed by atoms with Crippen LogP contribution < -0.4 is 15.8 Å². The normalized spacial score (nSPS) is 10.1. The number of hydrogen-bond acceptors (Lipinski definition) is 3. The molecule has 2 rings (SSSR count). The molecule has 0 fully saturated rings. The molecule has 0 atom stereocenters. The van der Waals surface area contributed by atoms with Crippen LogP contribution >= 0.6 is 11.6 Å². The van der Waals surface area contributed by atoms with E-state index in [4.69, 9.17) is 22.1 Å². The van der Waals surface area contributed by atoms with Crippen molar-refractivity contribution in [3.05, 3.63) is 59.1 Å². The average molecular weight is 291 g/mol. The van der Waals surface area contributed by atoms with E-state index < -0.39 is 0 Å². The number of nitrogens with one attached hydrogen (secondary N) is 1. The van der Waals surface area contributed by atoms with Crippen molar-refractivity contribution >= 4 is 23.2 Å². The molecule has 4 nitrogen and oxygen atoms in total. The number of benzene rings is 2. The number of rotatable bonds is 5. The molecule has 104 valence electrons. The van der Waals surface area contributed by atoms with E-state index in [1.807, 2.05) is 0 Å². The molecule has 2 aromatic rings. The van der Waals surface area contributed by atoms with Gasteiger partial charge in [0.05, 0.1) is 17.1 Å². The number of carbonyl (C=O) groups is 1. The fourth-order valence-electron chi connectivity index (χ4n) is 1.64. The van der Waals surface area contributed by atoms with E-state index in [1.54, 1.807) is 48.5 Å². The second kappa shape index (κ2) is 6.82. The second-order valence-corrected chi connectivity index (χ2v) is 4.56. The van der Waals surface area contributed by atoms with Gasteiger partial charge in [-0.25, -0.2) is 0 Å². The fourth-order valence-corrected chi connectivity index (χ4v) is 1.86. The topological polar surface area (TPSA) is 64.3 Å². The van der Waals surface area contributed by atoms with Gasteiger partial charge in [-0.1, -0.05) is 23.7 Å². The Balaban J connectivity index is 1.77. The van der Waals surface area contributed by atoms with Gasteiger partial charge in [-0.15, -0.1) is 0 Å². The lowest BCUT2D eigenvalue weighted by Gasteiger charge is -2.08. The van der Waals surface area contributed by atoms with Crippen molar-refractivity contribution in [3.63, 3.8) is 0 Å². The van der Waals surface area contributed by atoms with Crippen LogP contribution in [0.25, 0.3) is 0 Å². The third-order valence-corrected chi connectivity index (χ3v) is 2.98. The number of ether oxygens (including phenoxy) is 1. The van der Waals surface area contributed by atoms with Gasteiger partial charge in [0.1, 0.15) is 12.4 Å². The van der Waals surface area contributed by atoms with Crippen molar-refractivity contribution < 1.29 is 9.53 Å². The van der Waals surface area contributed by atoms with Gasteiger partial charge in [0.15, 0.2) is 0 Å². The van der Waals surface area contributed by atoms with Crippen LogP contribution in [0.15, 0.2) is 48.5 Å². The minimum Gasteiger partial charge on any atom is -0.492 e. The SMILES string of the molecule is Nc1ccc(OCCNC(=O)c2ccccc2Cl)cc1. The minimum atomic E-state index is -0.212. The summed E-state index contributed by atoms with van der Waals surface area (Å²) in [5.74, 6) is 0.502. The predicted molar refractivity (Wildman–Crippen MR) is 80.1 cm³/mol. The van der Waals surface area contributed by atoms with Gasteiger partial charge in [-0.2, -0.15) is 0 Å². The van der Waals surface area contributed by atoms with Crippen LogP contribution in [0.1, 0.15) is 10.4 Å². The number of nitrogen functional groups attached to an aromatic ring is 1. The Morgan fingerprint density at radius 2 is 1.85 bits per heavy atom. The van der Waals surface area contributed by atoms with Gasteiger partial charge < -0.3 is 15.8 Å². The maximum atomic E-state index is 11.9. The molecule has 0 saturated carbocycles. The first kappa shape index (κ1) is 14.2. The van der Waals surface area contributed by atoms with Crippen LogP contribution in [0.3, 0.4) is 0 Å². The van der Waals surface area contributed by atoms with Gasteiger partial charge in [0.25, 0.3) is 5.91 Å². The monoisotopic (exact) mass is 290 g/mol. The first-order chi connectivity index (χ1) is 9.66. The van der Waals surface area contributed by atoms with E-state index in [-0.39, 0.29) is 5.91 Å². The summed E-state index contributed by atoms with van der Waals surface area (Å²) in [5.41, 5.74) is 6.72. The smallest absolute Gasteiger partial charge is 0.252 e. The summed E-state index contributed by atoms with van der Waals surface area (Å²) >= 11 is 5.94. The van der Waals surface area contributed by atoms with Crippen LogP contribution in [0.5, 0.6) is 5.75 Å². The molecule has 0 aliphatic carbocycles. The van der Waals surface area contributed by atoms with Gasteiger partial charge in [0, 0.05) is 5.69 Å². The lowest BCUT2D eigenvalue weighted by atomic mass is 10.2. The van der Waals surface area contributed by atoms with Crippen molar-refractivity contribution in [2.45, 2.75) is 0 Å². The molecule has 3 N–H and O–H groups in total. The molecule has 1 amide bonds. The van der Waals surface area contributed by atoms with Crippen molar-refractivity contribution in [3.8, 4) is 5.75 Å². The molecule has 0 bridgehead atoms. The molecule has 5 heteroatoms. The Bertz CT molecular complexity index is 585. The van der Waals surface area contributed by atoms with Crippen molar-refractivity contribution in [2.75, 3.05) is 18.9 Å². The molecule has 0 saturated heterocycles. The molecular formula is C15H15ClN2O2. The maximum Gasteiger partial charge on any atom is 0.252 e. The number of carbonyl (C=O) groups excluding carboxylic acids is 1.